The van der Waals surface area contributed by atoms with E-state index in [1.807, 2.05) is 4.57 Å². The zero-order chi connectivity index (χ0) is 13.1. The number of nitrogens with zero attached hydrogens (tertiary/aromatic N) is 4. The Balaban J connectivity index is 2.12. The molecule has 2 heterocycles. The van der Waals surface area contributed by atoms with Gasteiger partial charge in [0.25, 0.3) is 0 Å². The number of carbonyl (C=O) groups is 1. The summed E-state index contributed by atoms with van der Waals surface area (Å²) in [7, 11) is 1.45. The van der Waals surface area contributed by atoms with Gasteiger partial charge in [-0.05, 0) is 26.7 Å². The molecule has 1 aromatic heterocycles. The largest absolute Gasteiger partial charge is 0.468 e. The first-order valence-corrected chi connectivity index (χ1v) is 6.31. The van der Waals surface area contributed by atoms with Gasteiger partial charge in [-0.1, -0.05) is 0 Å². The molecule has 1 aliphatic rings. The molecule has 0 bridgehead atoms. The zero-order valence-corrected chi connectivity index (χ0v) is 11.1. The topological polar surface area (TPSA) is 60.3 Å². The molecule has 0 saturated carbocycles. The Morgan fingerprint density at radius 1 is 1.39 bits per heavy atom. The molecule has 6 heteroatoms. The minimum atomic E-state index is -0.170. The Hall–Kier alpha value is -1.43. The smallest absolute Gasteiger partial charge is 0.323 e. The van der Waals surface area contributed by atoms with Gasteiger partial charge in [-0.3, -0.25) is 9.69 Å². The second-order valence-electron chi connectivity index (χ2n) is 4.96. The van der Waals surface area contributed by atoms with E-state index in [1.165, 1.54) is 7.11 Å². The maximum atomic E-state index is 11.9. The summed E-state index contributed by atoms with van der Waals surface area (Å²) in [6.07, 6.45) is 5.18. The molecule has 0 spiro atoms. The molecular weight excluding hydrogens is 232 g/mol. The van der Waals surface area contributed by atoms with Crippen LogP contribution in [0, 0.1) is 0 Å². The average Bonchev–Trinajstić information content (AvgIpc) is 2.90. The molecule has 0 aliphatic carbocycles. The van der Waals surface area contributed by atoms with E-state index < -0.39 is 0 Å². The molecule has 1 aliphatic heterocycles. The number of aromatic nitrogens is 3. The zero-order valence-electron chi connectivity index (χ0n) is 11.1. The number of piperidine rings is 1. The van der Waals surface area contributed by atoms with Gasteiger partial charge in [-0.15, -0.1) is 10.2 Å². The molecule has 1 fully saturated rings. The van der Waals surface area contributed by atoms with Crippen molar-refractivity contribution in [2.75, 3.05) is 13.7 Å². The first-order valence-electron chi connectivity index (χ1n) is 6.31. The Bertz CT molecular complexity index is 391. The van der Waals surface area contributed by atoms with Crippen LogP contribution in [0.4, 0.5) is 0 Å². The number of hydrogen-bond acceptors (Lipinski definition) is 5. The van der Waals surface area contributed by atoms with Crippen molar-refractivity contribution in [3.05, 3.63) is 12.7 Å². The first kappa shape index (κ1) is 13.0. The molecule has 0 amide bonds. The minimum Gasteiger partial charge on any atom is -0.468 e. The number of esters is 1. The van der Waals surface area contributed by atoms with E-state index in [0.717, 1.165) is 19.4 Å². The van der Waals surface area contributed by atoms with Crippen LogP contribution >= 0.6 is 0 Å². The van der Waals surface area contributed by atoms with Crippen molar-refractivity contribution in [1.29, 1.82) is 0 Å². The summed E-state index contributed by atoms with van der Waals surface area (Å²) in [6.45, 7) is 5.10. The number of likely N-dealkylation sites (tertiary alicyclic amines) is 1. The third-order valence-electron chi connectivity index (χ3n) is 3.61. The summed E-state index contributed by atoms with van der Waals surface area (Å²) in [5, 5.41) is 7.65. The number of carbonyl (C=O) groups excluding carboxylic acids is 1. The molecule has 2 unspecified atom stereocenters. The van der Waals surface area contributed by atoms with Gasteiger partial charge in [0.1, 0.15) is 18.7 Å². The normalized spacial score (nSPS) is 25.3. The first-order chi connectivity index (χ1) is 8.63. The lowest BCUT2D eigenvalue weighted by Crippen LogP contribution is -2.50. The van der Waals surface area contributed by atoms with Crippen molar-refractivity contribution in [3.8, 4) is 0 Å². The predicted molar refractivity (Wildman–Crippen MR) is 65.9 cm³/mol. The Morgan fingerprint density at radius 2 is 2.06 bits per heavy atom. The third-order valence-corrected chi connectivity index (χ3v) is 3.61. The highest BCUT2D eigenvalue weighted by atomic mass is 16.5. The van der Waals surface area contributed by atoms with E-state index in [2.05, 4.69) is 28.9 Å². The van der Waals surface area contributed by atoms with E-state index in [4.69, 9.17) is 4.74 Å². The van der Waals surface area contributed by atoms with E-state index in [0.29, 0.717) is 6.04 Å². The highest BCUT2D eigenvalue weighted by Crippen LogP contribution is 2.28. The van der Waals surface area contributed by atoms with Crippen molar-refractivity contribution < 1.29 is 9.53 Å². The number of rotatable bonds is 3. The molecule has 0 aromatic carbocycles. The van der Waals surface area contributed by atoms with Crippen LogP contribution in [-0.2, 0) is 9.53 Å². The summed E-state index contributed by atoms with van der Waals surface area (Å²) in [5.74, 6) is -0.151. The van der Waals surface area contributed by atoms with Crippen molar-refractivity contribution in [2.45, 2.75) is 44.8 Å². The predicted octanol–water partition coefficient (Wildman–Crippen LogP) is 0.865. The second-order valence-corrected chi connectivity index (χ2v) is 4.96. The molecule has 0 radical (unpaired) electrons. The second kappa shape index (κ2) is 5.48. The van der Waals surface area contributed by atoms with Crippen molar-refractivity contribution in [1.82, 2.24) is 19.7 Å². The Morgan fingerprint density at radius 3 is 2.61 bits per heavy atom. The van der Waals surface area contributed by atoms with E-state index in [9.17, 15) is 4.79 Å². The molecule has 18 heavy (non-hydrogen) atoms. The number of methoxy groups -OCH3 is 1. The monoisotopic (exact) mass is 252 g/mol. The summed E-state index contributed by atoms with van der Waals surface area (Å²) < 4.78 is 6.89. The van der Waals surface area contributed by atoms with Crippen LogP contribution < -0.4 is 0 Å². The molecule has 2 rings (SSSR count). The fourth-order valence-corrected chi connectivity index (χ4v) is 2.62. The van der Waals surface area contributed by atoms with Crippen LogP contribution in [0.5, 0.6) is 0 Å². The lowest BCUT2D eigenvalue weighted by Gasteiger charge is -2.40. The standard InChI is InChI=1S/C12H20N4O2/c1-9(2)16-5-4-10(15-7-13-14-8-15)6-11(16)12(17)18-3/h7-11H,4-6H2,1-3H3. The van der Waals surface area contributed by atoms with Gasteiger partial charge >= 0.3 is 5.97 Å². The molecular formula is C12H20N4O2. The minimum absolute atomic E-state index is 0.151. The van der Waals surface area contributed by atoms with E-state index in [1.54, 1.807) is 12.7 Å². The number of ether oxygens (including phenoxy) is 1. The van der Waals surface area contributed by atoms with Crippen molar-refractivity contribution in [2.24, 2.45) is 0 Å². The molecule has 2 atom stereocenters. The van der Waals surface area contributed by atoms with Crippen LogP contribution in [0.15, 0.2) is 12.7 Å². The van der Waals surface area contributed by atoms with Gasteiger partial charge in [0, 0.05) is 18.6 Å². The van der Waals surface area contributed by atoms with Gasteiger partial charge in [-0.25, -0.2) is 0 Å². The molecule has 6 nitrogen and oxygen atoms in total. The Kier molecular flexibility index (Phi) is 3.96. The van der Waals surface area contributed by atoms with Gasteiger partial charge in [0.05, 0.1) is 7.11 Å². The van der Waals surface area contributed by atoms with E-state index >= 15 is 0 Å². The molecule has 0 N–H and O–H groups in total. The molecule has 100 valence electrons. The number of hydrogen-bond donors (Lipinski definition) is 0. The SMILES string of the molecule is COC(=O)C1CC(n2cnnc2)CCN1C(C)C. The summed E-state index contributed by atoms with van der Waals surface area (Å²) in [5.41, 5.74) is 0. The van der Waals surface area contributed by atoms with E-state index in [-0.39, 0.29) is 18.1 Å². The van der Waals surface area contributed by atoms with Crippen LogP contribution in [0.2, 0.25) is 0 Å². The van der Waals surface area contributed by atoms with Crippen molar-refractivity contribution >= 4 is 5.97 Å². The third kappa shape index (κ3) is 2.53. The molecule has 1 aromatic rings. The van der Waals surface area contributed by atoms with Gasteiger partial charge in [0.15, 0.2) is 0 Å². The Labute approximate surface area is 107 Å². The van der Waals surface area contributed by atoms with Crippen LogP contribution in [-0.4, -0.2) is 51.4 Å². The van der Waals surface area contributed by atoms with Crippen molar-refractivity contribution in [3.63, 3.8) is 0 Å². The summed E-state index contributed by atoms with van der Waals surface area (Å²) in [6, 6.07) is 0.450. The van der Waals surface area contributed by atoms with Crippen LogP contribution in [0.3, 0.4) is 0 Å². The van der Waals surface area contributed by atoms with Crippen LogP contribution in [0.25, 0.3) is 0 Å². The lowest BCUT2D eigenvalue weighted by molar-refractivity contribution is -0.150. The van der Waals surface area contributed by atoms with Crippen LogP contribution in [0.1, 0.15) is 32.7 Å². The fourth-order valence-electron chi connectivity index (χ4n) is 2.62. The maximum Gasteiger partial charge on any atom is 0.323 e. The van der Waals surface area contributed by atoms with Gasteiger partial charge in [-0.2, -0.15) is 0 Å². The highest BCUT2D eigenvalue weighted by molar-refractivity contribution is 5.75. The maximum absolute atomic E-state index is 11.9. The quantitative estimate of drug-likeness (QED) is 0.747. The summed E-state index contributed by atoms with van der Waals surface area (Å²) in [4.78, 5) is 14.1. The summed E-state index contributed by atoms with van der Waals surface area (Å²) >= 11 is 0. The molecule has 1 saturated heterocycles. The van der Waals surface area contributed by atoms with Gasteiger partial charge < -0.3 is 9.30 Å². The lowest BCUT2D eigenvalue weighted by atomic mass is 9.95. The fraction of sp³-hybridized carbons (Fsp3) is 0.750. The average molecular weight is 252 g/mol. The van der Waals surface area contributed by atoms with Gasteiger partial charge in [0.2, 0.25) is 0 Å². The highest BCUT2D eigenvalue weighted by Gasteiger charge is 2.35.